The number of benzene rings is 2. The zero-order chi connectivity index (χ0) is 25.8. The Kier molecular flexibility index (Phi) is 6.73. The highest BCUT2D eigenvalue weighted by atomic mass is 16.1. The third-order valence-corrected chi connectivity index (χ3v) is 6.54. The summed E-state index contributed by atoms with van der Waals surface area (Å²) in [6.07, 6.45) is 9.24. The van der Waals surface area contributed by atoms with Gasteiger partial charge < -0.3 is 5.32 Å². The number of carbonyl (C=O) groups excluding carboxylic acids is 1. The Morgan fingerprint density at radius 3 is 2.70 bits per heavy atom. The van der Waals surface area contributed by atoms with Gasteiger partial charge in [-0.25, -0.2) is 0 Å². The predicted molar refractivity (Wildman–Crippen MR) is 146 cm³/mol. The molecule has 1 N–H and O–H groups in total. The van der Waals surface area contributed by atoms with Gasteiger partial charge in [0.25, 0.3) is 5.91 Å². The average molecular weight is 487 g/mol. The Balaban J connectivity index is 1.32. The fourth-order valence-electron chi connectivity index (χ4n) is 4.35. The Hall–Kier alpha value is -4.83. The van der Waals surface area contributed by atoms with Crippen molar-refractivity contribution >= 4 is 23.5 Å². The lowest BCUT2D eigenvalue weighted by atomic mass is 9.99. The summed E-state index contributed by atoms with van der Waals surface area (Å²) >= 11 is 0. The van der Waals surface area contributed by atoms with E-state index < -0.39 is 0 Å². The van der Waals surface area contributed by atoms with E-state index in [1.54, 1.807) is 30.6 Å². The molecule has 2 unspecified atom stereocenters. The van der Waals surface area contributed by atoms with E-state index in [2.05, 4.69) is 32.5 Å². The van der Waals surface area contributed by atoms with Crippen LogP contribution in [0.3, 0.4) is 0 Å². The highest BCUT2D eigenvalue weighted by Crippen LogP contribution is 2.31. The lowest BCUT2D eigenvalue weighted by molar-refractivity contribution is 0.102. The van der Waals surface area contributed by atoms with E-state index in [4.69, 9.17) is 0 Å². The molecule has 0 bridgehead atoms. The normalized spacial score (nSPS) is 15.3. The molecule has 0 radical (unpaired) electrons. The van der Waals surface area contributed by atoms with Crippen molar-refractivity contribution in [3.8, 4) is 17.2 Å². The summed E-state index contributed by atoms with van der Waals surface area (Å²) in [5, 5.41) is 18.8. The lowest BCUT2D eigenvalue weighted by Crippen LogP contribution is -2.18. The topological polar surface area (TPSA) is 94.3 Å². The molecule has 1 aliphatic heterocycles. The van der Waals surface area contributed by atoms with Crippen molar-refractivity contribution in [3.05, 3.63) is 108 Å². The van der Waals surface area contributed by atoms with Crippen LogP contribution in [0.5, 0.6) is 0 Å². The molecule has 2 aromatic heterocycles. The fourth-order valence-corrected chi connectivity index (χ4v) is 4.35. The molecule has 37 heavy (non-hydrogen) atoms. The fraction of sp³-hybridized carbons (Fsp3) is 0.167. The molecular formula is C30H26N6O. The third kappa shape index (κ3) is 5.24. The van der Waals surface area contributed by atoms with E-state index >= 15 is 0 Å². The lowest BCUT2D eigenvalue weighted by Gasteiger charge is -2.20. The molecule has 1 aliphatic rings. The molecule has 2 atom stereocenters. The molecule has 7 heteroatoms. The molecular weight excluding hydrogens is 460 g/mol. The number of nitrogens with one attached hydrogen (secondary N) is 1. The molecule has 5 rings (SSSR count). The summed E-state index contributed by atoms with van der Waals surface area (Å²) < 4.78 is 0. The second-order valence-corrected chi connectivity index (χ2v) is 9.13. The van der Waals surface area contributed by atoms with Crippen LogP contribution in [0.4, 0.5) is 11.4 Å². The van der Waals surface area contributed by atoms with Crippen molar-refractivity contribution in [2.24, 2.45) is 5.10 Å². The molecule has 0 saturated carbocycles. The molecule has 0 saturated heterocycles. The number of hydrogen-bond acceptors (Lipinski definition) is 6. The van der Waals surface area contributed by atoms with E-state index in [1.165, 1.54) is 0 Å². The second kappa shape index (κ2) is 10.4. The minimum absolute atomic E-state index is 0.0943. The van der Waals surface area contributed by atoms with Crippen LogP contribution < -0.4 is 10.3 Å². The van der Waals surface area contributed by atoms with Crippen LogP contribution in [0.25, 0.3) is 11.1 Å². The number of nitrogens with zero attached hydrogens (tertiary/aromatic N) is 5. The van der Waals surface area contributed by atoms with Crippen LogP contribution in [-0.4, -0.2) is 28.6 Å². The summed E-state index contributed by atoms with van der Waals surface area (Å²) in [5.74, 6) is -0.402. The molecule has 0 spiro atoms. The summed E-state index contributed by atoms with van der Waals surface area (Å²) in [6.45, 7) is 4.52. The van der Waals surface area contributed by atoms with Gasteiger partial charge >= 0.3 is 0 Å². The SMILES string of the molecule is Cc1ccc(NC(=O)c2cccc(C(C)C#N)c2)cc1N1CC(c2cncc(-c3ccncc3)c2)C=N1. The van der Waals surface area contributed by atoms with Crippen molar-refractivity contribution < 1.29 is 4.79 Å². The van der Waals surface area contributed by atoms with E-state index in [0.29, 0.717) is 17.8 Å². The van der Waals surface area contributed by atoms with Gasteiger partial charge in [-0.2, -0.15) is 10.4 Å². The van der Waals surface area contributed by atoms with E-state index in [9.17, 15) is 10.1 Å². The number of aromatic nitrogens is 2. The molecule has 1 amide bonds. The Morgan fingerprint density at radius 2 is 1.89 bits per heavy atom. The van der Waals surface area contributed by atoms with Crippen molar-refractivity contribution in [1.29, 1.82) is 5.26 Å². The van der Waals surface area contributed by atoms with Gasteiger partial charge in [-0.05, 0) is 78.6 Å². The van der Waals surface area contributed by atoms with Crippen LogP contribution >= 0.6 is 0 Å². The van der Waals surface area contributed by atoms with Crippen LogP contribution in [0, 0.1) is 18.3 Å². The summed E-state index contributed by atoms with van der Waals surface area (Å²) in [6, 6.07) is 21.3. The molecule has 182 valence electrons. The highest BCUT2D eigenvalue weighted by molar-refractivity contribution is 6.04. The van der Waals surface area contributed by atoms with Crippen molar-refractivity contribution in [2.45, 2.75) is 25.7 Å². The first kappa shape index (κ1) is 23.9. The standard InChI is InChI=1S/C30H26N6O/c1-20-6-7-28(35-30(37)24-5-3-4-23(12-24)21(2)15-31)14-29(20)36-19-27(18-34-36)26-13-25(16-33-17-26)22-8-10-32-11-9-22/h3-14,16-18,21,27H,19H2,1-2H3,(H,35,37). The van der Waals surface area contributed by atoms with Crippen molar-refractivity contribution in [1.82, 2.24) is 9.97 Å². The Labute approximate surface area is 216 Å². The molecule has 0 aliphatic carbocycles. The van der Waals surface area contributed by atoms with Gasteiger partial charge in [0.2, 0.25) is 0 Å². The smallest absolute Gasteiger partial charge is 0.255 e. The first-order chi connectivity index (χ1) is 18.0. The number of hydrazone groups is 1. The van der Waals surface area contributed by atoms with Gasteiger partial charge in [0.1, 0.15) is 0 Å². The Bertz CT molecular complexity index is 1510. The third-order valence-electron chi connectivity index (χ3n) is 6.54. The number of rotatable bonds is 6. The van der Waals surface area contributed by atoms with Gasteiger partial charge in [0.05, 0.1) is 24.2 Å². The molecule has 7 nitrogen and oxygen atoms in total. The van der Waals surface area contributed by atoms with Crippen LogP contribution in [-0.2, 0) is 0 Å². The maximum atomic E-state index is 12.9. The molecule has 0 fully saturated rings. The number of pyridine rings is 2. The van der Waals surface area contributed by atoms with Crippen LogP contribution in [0.15, 0.2) is 90.6 Å². The van der Waals surface area contributed by atoms with Gasteiger partial charge in [-0.1, -0.05) is 18.2 Å². The number of carbonyl (C=O) groups is 1. The summed E-state index contributed by atoms with van der Waals surface area (Å²) in [5.41, 5.74) is 7.22. The average Bonchev–Trinajstić information content (AvgIpc) is 3.44. The minimum atomic E-state index is -0.278. The molecule has 2 aromatic carbocycles. The van der Waals surface area contributed by atoms with Gasteiger partial charge in [0, 0.05) is 53.7 Å². The minimum Gasteiger partial charge on any atom is -0.322 e. The van der Waals surface area contributed by atoms with E-state index in [1.807, 2.05) is 73.9 Å². The molecule has 4 aromatic rings. The van der Waals surface area contributed by atoms with Gasteiger partial charge in [-0.15, -0.1) is 0 Å². The number of anilines is 2. The maximum absolute atomic E-state index is 12.9. The number of aryl methyl sites for hydroxylation is 1. The van der Waals surface area contributed by atoms with Crippen LogP contribution in [0.1, 0.15) is 45.8 Å². The second-order valence-electron chi connectivity index (χ2n) is 9.13. The quantitative estimate of drug-likeness (QED) is 0.365. The van der Waals surface area contributed by atoms with Crippen molar-refractivity contribution in [2.75, 3.05) is 16.9 Å². The van der Waals surface area contributed by atoms with Gasteiger partial charge in [-0.3, -0.25) is 19.8 Å². The predicted octanol–water partition coefficient (Wildman–Crippen LogP) is 5.92. The van der Waals surface area contributed by atoms with E-state index in [-0.39, 0.29) is 17.7 Å². The summed E-state index contributed by atoms with van der Waals surface area (Å²) in [4.78, 5) is 21.5. The summed E-state index contributed by atoms with van der Waals surface area (Å²) in [7, 11) is 0. The highest BCUT2D eigenvalue weighted by Gasteiger charge is 2.23. The Morgan fingerprint density at radius 1 is 1.05 bits per heavy atom. The number of hydrogen-bond donors (Lipinski definition) is 1. The largest absolute Gasteiger partial charge is 0.322 e. The molecule has 3 heterocycles. The first-order valence-corrected chi connectivity index (χ1v) is 12.1. The monoisotopic (exact) mass is 486 g/mol. The van der Waals surface area contributed by atoms with E-state index in [0.717, 1.165) is 33.5 Å². The number of amides is 1. The van der Waals surface area contributed by atoms with Gasteiger partial charge in [0.15, 0.2) is 0 Å². The zero-order valence-corrected chi connectivity index (χ0v) is 20.7. The van der Waals surface area contributed by atoms with Crippen LogP contribution in [0.2, 0.25) is 0 Å². The number of nitriles is 1. The zero-order valence-electron chi connectivity index (χ0n) is 20.7. The van der Waals surface area contributed by atoms with Crippen molar-refractivity contribution in [3.63, 3.8) is 0 Å². The maximum Gasteiger partial charge on any atom is 0.255 e. The first-order valence-electron chi connectivity index (χ1n) is 12.1.